The Kier molecular flexibility index (Phi) is 8.14. The molecular weight excluding hydrogens is 377 g/mol. The van der Waals surface area contributed by atoms with Gasteiger partial charge in [-0.2, -0.15) is 0 Å². The standard InChI is InChI=1S/C21H24FN3O4/c1-3-14(2)18(23-21(28)29-13-15-9-5-4-6-10-15)20(27)25-24-19(26)16-11-7-8-12-17(16)22/h4-12,14,18H,3,13H2,1-2H3,(H,23,28)(H,24,26)(H,25,27)/t14-,18-/m0/s1. The Morgan fingerprint density at radius 3 is 2.31 bits per heavy atom. The van der Waals surface area contributed by atoms with Crippen molar-refractivity contribution in [1.82, 2.24) is 16.2 Å². The molecule has 0 fully saturated rings. The predicted octanol–water partition coefficient (Wildman–Crippen LogP) is 2.93. The van der Waals surface area contributed by atoms with Gasteiger partial charge >= 0.3 is 6.09 Å². The molecular formula is C21H24FN3O4. The molecule has 2 aromatic rings. The topological polar surface area (TPSA) is 96.5 Å². The van der Waals surface area contributed by atoms with Gasteiger partial charge in [0.2, 0.25) is 0 Å². The summed E-state index contributed by atoms with van der Waals surface area (Å²) in [6.07, 6.45) is -0.159. The Hall–Kier alpha value is -3.42. The van der Waals surface area contributed by atoms with E-state index in [1.807, 2.05) is 37.3 Å². The Labute approximate surface area is 168 Å². The van der Waals surface area contributed by atoms with Gasteiger partial charge in [-0.25, -0.2) is 9.18 Å². The van der Waals surface area contributed by atoms with Crippen LogP contribution in [0.1, 0.15) is 36.2 Å². The van der Waals surface area contributed by atoms with Crippen molar-refractivity contribution in [3.8, 4) is 0 Å². The van der Waals surface area contributed by atoms with Crippen LogP contribution in [0.5, 0.6) is 0 Å². The van der Waals surface area contributed by atoms with Crippen LogP contribution in [0.15, 0.2) is 54.6 Å². The Morgan fingerprint density at radius 1 is 1.00 bits per heavy atom. The summed E-state index contributed by atoms with van der Waals surface area (Å²) in [5, 5.41) is 2.51. The first-order chi connectivity index (χ1) is 13.9. The first-order valence-corrected chi connectivity index (χ1v) is 9.24. The second-order valence-corrected chi connectivity index (χ2v) is 6.49. The molecule has 0 saturated carbocycles. The minimum Gasteiger partial charge on any atom is -0.445 e. The van der Waals surface area contributed by atoms with Gasteiger partial charge in [-0.3, -0.25) is 20.4 Å². The average molecular weight is 401 g/mol. The number of rotatable bonds is 7. The molecule has 0 aliphatic rings. The lowest BCUT2D eigenvalue weighted by Gasteiger charge is -2.23. The van der Waals surface area contributed by atoms with E-state index < -0.39 is 29.8 Å². The summed E-state index contributed by atoms with van der Waals surface area (Å²) in [4.78, 5) is 36.6. The lowest BCUT2D eigenvalue weighted by molar-refractivity contribution is -0.125. The molecule has 2 atom stereocenters. The van der Waals surface area contributed by atoms with Crippen molar-refractivity contribution >= 4 is 17.9 Å². The van der Waals surface area contributed by atoms with Crippen LogP contribution in [0.2, 0.25) is 0 Å². The summed E-state index contributed by atoms with van der Waals surface area (Å²) in [6.45, 7) is 3.70. The summed E-state index contributed by atoms with van der Waals surface area (Å²) >= 11 is 0. The Morgan fingerprint density at radius 2 is 1.66 bits per heavy atom. The van der Waals surface area contributed by atoms with Gasteiger partial charge in [0.05, 0.1) is 5.56 Å². The number of nitrogens with one attached hydrogen (secondary N) is 3. The third-order valence-electron chi connectivity index (χ3n) is 4.40. The number of benzene rings is 2. The van der Waals surface area contributed by atoms with Crippen molar-refractivity contribution in [1.29, 1.82) is 0 Å². The minimum absolute atomic E-state index is 0.0610. The number of hydrogen-bond donors (Lipinski definition) is 3. The molecule has 0 saturated heterocycles. The number of alkyl carbamates (subject to hydrolysis) is 1. The van der Waals surface area contributed by atoms with E-state index in [1.165, 1.54) is 18.2 Å². The molecule has 2 aromatic carbocycles. The fourth-order valence-electron chi connectivity index (χ4n) is 2.50. The molecule has 3 amide bonds. The third kappa shape index (κ3) is 6.60. The summed E-state index contributed by atoms with van der Waals surface area (Å²) in [5.74, 6) is -2.38. The number of ether oxygens (including phenoxy) is 1. The van der Waals surface area contributed by atoms with E-state index in [1.54, 1.807) is 6.92 Å². The van der Waals surface area contributed by atoms with E-state index in [0.29, 0.717) is 6.42 Å². The molecule has 0 spiro atoms. The smallest absolute Gasteiger partial charge is 0.408 e. The van der Waals surface area contributed by atoms with Gasteiger partial charge < -0.3 is 10.1 Å². The monoisotopic (exact) mass is 401 g/mol. The van der Waals surface area contributed by atoms with Gasteiger partial charge in [-0.15, -0.1) is 0 Å². The van der Waals surface area contributed by atoms with Crippen LogP contribution in [0, 0.1) is 11.7 Å². The molecule has 3 N–H and O–H groups in total. The third-order valence-corrected chi connectivity index (χ3v) is 4.40. The molecule has 29 heavy (non-hydrogen) atoms. The number of carbonyl (C=O) groups is 3. The van der Waals surface area contributed by atoms with Gasteiger partial charge in [-0.1, -0.05) is 62.7 Å². The Bertz CT molecular complexity index is 845. The summed E-state index contributed by atoms with van der Waals surface area (Å²) in [6, 6.07) is 13.6. The van der Waals surface area contributed by atoms with Crippen LogP contribution >= 0.6 is 0 Å². The van der Waals surface area contributed by atoms with Crippen LogP contribution < -0.4 is 16.2 Å². The highest BCUT2D eigenvalue weighted by atomic mass is 19.1. The van der Waals surface area contributed by atoms with E-state index in [-0.39, 0.29) is 18.1 Å². The number of hydrogen-bond acceptors (Lipinski definition) is 4. The molecule has 0 unspecified atom stereocenters. The summed E-state index contributed by atoms with van der Waals surface area (Å²) < 4.78 is 18.8. The van der Waals surface area contributed by atoms with Crippen LogP contribution in [0.25, 0.3) is 0 Å². The molecule has 154 valence electrons. The van der Waals surface area contributed by atoms with Crippen molar-refractivity contribution in [2.75, 3.05) is 0 Å². The molecule has 0 aliphatic heterocycles. The van der Waals surface area contributed by atoms with Gasteiger partial charge in [0.25, 0.3) is 11.8 Å². The van der Waals surface area contributed by atoms with Crippen molar-refractivity contribution in [2.45, 2.75) is 32.9 Å². The van der Waals surface area contributed by atoms with Gasteiger partial charge in [0.15, 0.2) is 0 Å². The normalized spacial score (nSPS) is 12.4. The largest absolute Gasteiger partial charge is 0.445 e. The number of amides is 3. The van der Waals surface area contributed by atoms with Crippen molar-refractivity contribution in [2.24, 2.45) is 5.92 Å². The lowest BCUT2D eigenvalue weighted by Crippen LogP contribution is -2.54. The maximum absolute atomic E-state index is 13.7. The van der Waals surface area contributed by atoms with E-state index in [0.717, 1.165) is 11.6 Å². The van der Waals surface area contributed by atoms with Gasteiger partial charge in [-0.05, 0) is 23.6 Å². The molecule has 7 nitrogen and oxygen atoms in total. The molecule has 0 heterocycles. The van der Waals surface area contributed by atoms with E-state index >= 15 is 0 Å². The minimum atomic E-state index is -0.941. The van der Waals surface area contributed by atoms with Crippen molar-refractivity contribution in [3.63, 3.8) is 0 Å². The first kappa shape index (κ1) is 21.9. The average Bonchev–Trinajstić information content (AvgIpc) is 2.74. The fourth-order valence-corrected chi connectivity index (χ4v) is 2.50. The van der Waals surface area contributed by atoms with Gasteiger partial charge in [0.1, 0.15) is 18.5 Å². The quantitative estimate of drug-likeness (QED) is 0.622. The predicted molar refractivity (Wildman–Crippen MR) is 105 cm³/mol. The molecule has 0 aromatic heterocycles. The number of hydrazine groups is 1. The van der Waals surface area contributed by atoms with Crippen LogP contribution in [0.4, 0.5) is 9.18 Å². The van der Waals surface area contributed by atoms with E-state index in [2.05, 4.69) is 16.2 Å². The summed E-state index contributed by atoms with van der Waals surface area (Å²) in [7, 11) is 0. The fraction of sp³-hybridized carbons (Fsp3) is 0.286. The molecule has 8 heteroatoms. The van der Waals surface area contributed by atoms with Crippen LogP contribution in [0.3, 0.4) is 0 Å². The molecule has 0 bridgehead atoms. The molecule has 0 radical (unpaired) electrons. The second kappa shape index (κ2) is 10.8. The Balaban J connectivity index is 1.92. The zero-order valence-corrected chi connectivity index (χ0v) is 16.3. The zero-order chi connectivity index (χ0) is 21.2. The number of carbonyl (C=O) groups excluding carboxylic acids is 3. The highest BCUT2D eigenvalue weighted by Crippen LogP contribution is 2.09. The SMILES string of the molecule is CC[C@H](C)[C@H](NC(=O)OCc1ccccc1)C(=O)NNC(=O)c1ccccc1F. The van der Waals surface area contributed by atoms with Crippen LogP contribution in [-0.4, -0.2) is 23.9 Å². The highest BCUT2D eigenvalue weighted by Gasteiger charge is 2.27. The van der Waals surface area contributed by atoms with E-state index in [4.69, 9.17) is 4.74 Å². The zero-order valence-electron chi connectivity index (χ0n) is 16.3. The van der Waals surface area contributed by atoms with Crippen LogP contribution in [-0.2, 0) is 16.1 Å². The number of halogens is 1. The maximum Gasteiger partial charge on any atom is 0.408 e. The molecule has 0 aliphatic carbocycles. The second-order valence-electron chi connectivity index (χ2n) is 6.49. The summed E-state index contributed by atoms with van der Waals surface area (Å²) in [5.41, 5.74) is 4.99. The van der Waals surface area contributed by atoms with Crippen molar-refractivity contribution in [3.05, 3.63) is 71.5 Å². The first-order valence-electron chi connectivity index (χ1n) is 9.24. The van der Waals surface area contributed by atoms with Crippen molar-refractivity contribution < 1.29 is 23.5 Å². The lowest BCUT2D eigenvalue weighted by atomic mass is 9.99. The maximum atomic E-state index is 13.7. The highest BCUT2D eigenvalue weighted by molar-refractivity contribution is 5.96. The molecule has 2 rings (SSSR count). The van der Waals surface area contributed by atoms with E-state index in [9.17, 15) is 18.8 Å². The van der Waals surface area contributed by atoms with Gasteiger partial charge in [0, 0.05) is 0 Å².